The van der Waals surface area contributed by atoms with E-state index in [-0.39, 0.29) is 11.1 Å². The van der Waals surface area contributed by atoms with E-state index in [0.717, 1.165) is 40.8 Å². The predicted octanol–water partition coefficient (Wildman–Crippen LogP) is 4.20. The van der Waals surface area contributed by atoms with E-state index in [4.69, 9.17) is 9.84 Å². The first-order valence-corrected chi connectivity index (χ1v) is 11.1. The molecule has 0 aliphatic carbocycles. The fraction of sp³-hybridized carbons (Fsp3) is 0.545. The fourth-order valence-corrected chi connectivity index (χ4v) is 5.58. The summed E-state index contributed by atoms with van der Waals surface area (Å²) in [5.74, 6) is 1.72. The van der Waals surface area contributed by atoms with E-state index in [1.165, 1.54) is 0 Å². The molecule has 0 radical (unpaired) electrons. The Morgan fingerprint density at radius 1 is 1.14 bits per heavy atom. The molecule has 0 unspecified atom stereocenters. The summed E-state index contributed by atoms with van der Waals surface area (Å²) in [5, 5.41) is 12.7. The lowest BCUT2D eigenvalue weighted by Crippen LogP contribution is -2.61. The molecule has 7 heteroatoms. The summed E-state index contributed by atoms with van der Waals surface area (Å²) in [6, 6.07) is 8.54. The van der Waals surface area contributed by atoms with Crippen molar-refractivity contribution in [1.29, 1.82) is 0 Å². The maximum absolute atomic E-state index is 5.70. The number of hydrogen-bond donors (Lipinski definition) is 0. The van der Waals surface area contributed by atoms with E-state index in [1.807, 2.05) is 23.0 Å². The zero-order valence-corrected chi connectivity index (χ0v) is 19.0. The molecule has 1 aromatic carbocycles. The third-order valence-electron chi connectivity index (χ3n) is 6.45. The minimum Gasteiger partial charge on any atom is -0.496 e. The maximum Gasteiger partial charge on any atom is 0.131 e. The molecule has 0 amide bonds. The Bertz CT molecular complexity index is 888. The number of likely N-dealkylation sites (tertiary alicyclic amines) is 1. The molecule has 2 aliphatic heterocycles. The minimum absolute atomic E-state index is 0.151. The SMILES string of the molecule is COc1cc(-n2cccn2)ccc1C1=NN(C2CC(C)(C)N(C)C(C)(C)C2)CS1. The number of rotatable bonds is 4. The standard InChI is InChI=1S/C22H31N5OS/c1-21(2)13-17(14-22(3,4)25(21)5)27-15-29-20(24-27)18-9-8-16(12-19(18)28-6)26-11-7-10-23-26/h7-12,17H,13-15H2,1-6H3. The number of piperidine rings is 1. The van der Waals surface area contributed by atoms with Crippen LogP contribution in [0.3, 0.4) is 0 Å². The molecule has 0 saturated carbocycles. The summed E-state index contributed by atoms with van der Waals surface area (Å²) in [4.78, 5) is 2.52. The molecular formula is C22H31N5OS. The summed E-state index contributed by atoms with van der Waals surface area (Å²) in [7, 11) is 3.96. The molecule has 0 bridgehead atoms. The first-order valence-electron chi connectivity index (χ1n) is 10.1. The van der Waals surface area contributed by atoms with Crippen molar-refractivity contribution in [3.63, 3.8) is 0 Å². The van der Waals surface area contributed by atoms with Crippen LogP contribution in [0.5, 0.6) is 5.75 Å². The third kappa shape index (κ3) is 3.78. The molecule has 3 heterocycles. The lowest BCUT2D eigenvalue weighted by Gasteiger charge is -2.54. The molecule has 1 fully saturated rings. The van der Waals surface area contributed by atoms with Crippen LogP contribution < -0.4 is 4.74 Å². The van der Waals surface area contributed by atoms with Crippen molar-refractivity contribution in [2.75, 3.05) is 20.0 Å². The summed E-state index contributed by atoms with van der Waals surface area (Å²) in [6.45, 7) is 9.36. The number of benzene rings is 1. The summed E-state index contributed by atoms with van der Waals surface area (Å²) in [5.41, 5.74) is 2.33. The lowest BCUT2D eigenvalue weighted by atomic mass is 9.77. The Balaban J connectivity index is 1.59. The van der Waals surface area contributed by atoms with Gasteiger partial charge in [0.05, 0.1) is 30.3 Å². The van der Waals surface area contributed by atoms with Crippen LogP contribution in [0.1, 0.15) is 46.1 Å². The zero-order chi connectivity index (χ0) is 20.8. The van der Waals surface area contributed by atoms with Gasteiger partial charge in [-0.25, -0.2) is 4.68 Å². The third-order valence-corrected chi connectivity index (χ3v) is 7.41. The number of methoxy groups -OCH3 is 1. The van der Waals surface area contributed by atoms with Gasteiger partial charge in [-0.15, -0.1) is 0 Å². The molecule has 0 spiro atoms. The summed E-state index contributed by atoms with van der Waals surface area (Å²) < 4.78 is 7.54. The molecule has 2 aromatic rings. The number of hydrogen-bond acceptors (Lipinski definition) is 6. The van der Waals surface area contributed by atoms with Crippen LogP contribution in [0.2, 0.25) is 0 Å². The molecular weight excluding hydrogens is 382 g/mol. The van der Waals surface area contributed by atoms with Crippen LogP contribution in [0.15, 0.2) is 41.8 Å². The smallest absolute Gasteiger partial charge is 0.131 e. The van der Waals surface area contributed by atoms with Crippen molar-refractivity contribution in [2.45, 2.75) is 57.7 Å². The van der Waals surface area contributed by atoms with Gasteiger partial charge in [-0.05, 0) is 65.8 Å². The van der Waals surface area contributed by atoms with E-state index >= 15 is 0 Å². The largest absolute Gasteiger partial charge is 0.496 e. The van der Waals surface area contributed by atoms with Crippen LogP contribution in [0.4, 0.5) is 0 Å². The van der Waals surface area contributed by atoms with E-state index in [2.05, 4.69) is 61.9 Å². The topological polar surface area (TPSA) is 45.9 Å². The lowest BCUT2D eigenvalue weighted by molar-refractivity contribution is -0.0427. The molecule has 1 saturated heterocycles. The number of aromatic nitrogens is 2. The number of ether oxygens (including phenoxy) is 1. The molecule has 2 aliphatic rings. The molecule has 29 heavy (non-hydrogen) atoms. The number of nitrogens with zero attached hydrogens (tertiary/aromatic N) is 5. The van der Waals surface area contributed by atoms with Crippen LogP contribution >= 0.6 is 11.8 Å². The normalized spacial score (nSPS) is 22.0. The Labute approximate surface area is 177 Å². The van der Waals surface area contributed by atoms with Gasteiger partial charge in [-0.1, -0.05) is 11.8 Å². The van der Waals surface area contributed by atoms with Crippen LogP contribution in [-0.2, 0) is 0 Å². The molecule has 0 atom stereocenters. The average molecular weight is 414 g/mol. The predicted molar refractivity (Wildman–Crippen MR) is 120 cm³/mol. The second-order valence-corrected chi connectivity index (χ2v) is 10.1. The fourth-order valence-electron chi connectivity index (χ4n) is 4.57. The van der Waals surface area contributed by atoms with Gasteiger partial charge in [0, 0.05) is 29.5 Å². The van der Waals surface area contributed by atoms with Gasteiger partial charge in [0.1, 0.15) is 10.8 Å². The highest BCUT2D eigenvalue weighted by molar-refractivity contribution is 8.14. The minimum atomic E-state index is 0.151. The number of hydrazone groups is 1. The van der Waals surface area contributed by atoms with Gasteiger partial charge in [0.15, 0.2) is 0 Å². The first-order chi connectivity index (χ1) is 13.7. The Morgan fingerprint density at radius 2 is 1.86 bits per heavy atom. The van der Waals surface area contributed by atoms with Crippen LogP contribution in [-0.4, -0.2) is 61.9 Å². The van der Waals surface area contributed by atoms with Crippen LogP contribution in [0.25, 0.3) is 5.69 Å². The molecule has 156 valence electrons. The quantitative estimate of drug-likeness (QED) is 0.752. The first kappa shape index (κ1) is 20.3. The Morgan fingerprint density at radius 3 is 2.48 bits per heavy atom. The van der Waals surface area contributed by atoms with Crippen molar-refractivity contribution < 1.29 is 4.74 Å². The molecule has 0 N–H and O–H groups in total. The van der Waals surface area contributed by atoms with Crippen molar-refractivity contribution in [3.8, 4) is 11.4 Å². The van der Waals surface area contributed by atoms with Gasteiger partial charge < -0.3 is 4.74 Å². The molecule has 1 aromatic heterocycles. The van der Waals surface area contributed by atoms with E-state index in [0.29, 0.717) is 6.04 Å². The van der Waals surface area contributed by atoms with Gasteiger partial charge in [0.2, 0.25) is 0 Å². The van der Waals surface area contributed by atoms with Crippen molar-refractivity contribution in [1.82, 2.24) is 19.7 Å². The van der Waals surface area contributed by atoms with Gasteiger partial charge in [0.25, 0.3) is 0 Å². The molecule has 6 nitrogen and oxygen atoms in total. The van der Waals surface area contributed by atoms with Crippen molar-refractivity contribution in [2.24, 2.45) is 5.10 Å². The Kier molecular flexibility index (Phi) is 5.15. The van der Waals surface area contributed by atoms with Gasteiger partial charge in [-0.3, -0.25) is 9.91 Å². The highest BCUT2D eigenvalue weighted by Gasteiger charge is 2.45. The summed E-state index contributed by atoms with van der Waals surface area (Å²) in [6.07, 6.45) is 5.93. The monoisotopic (exact) mass is 413 g/mol. The molecule has 4 rings (SSSR count). The maximum atomic E-state index is 5.70. The second-order valence-electron chi connectivity index (χ2n) is 9.20. The van der Waals surface area contributed by atoms with Crippen LogP contribution in [0, 0.1) is 0 Å². The second kappa shape index (κ2) is 7.36. The Hall–Kier alpha value is -1.99. The average Bonchev–Trinajstić information content (AvgIpc) is 3.37. The van der Waals surface area contributed by atoms with Crippen molar-refractivity contribution in [3.05, 3.63) is 42.2 Å². The van der Waals surface area contributed by atoms with Crippen molar-refractivity contribution >= 4 is 16.8 Å². The highest BCUT2D eigenvalue weighted by atomic mass is 32.2. The summed E-state index contributed by atoms with van der Waals surface area (Å²) >= 11 is 1.79. The van der Waals surface area contributed by atoms with E-state index < -0.39 is 0 Å². The number of thioether (sulfide) groups is 1. The highest BCUT2D eigenvalue weighted by Crippen LogP contribution is 2.41. The van der Waals surface area contributed by atoms with E-state index in [1.54, 1.807) is 25.1 Å². The van der Waals surface area contributed by atoms with Gasteiger partial charge in [-0.2, -0.15) is 10.2 Å². The van der Waals surface area contributed by atoms with Gasteiger partial charge >= 0.3 is 0 Å². The van der Waals surface area contributed by atoms with E-state index in [9.17, 15) is 0 Å². The zero-order valence-electron chi connectivity index (χ0n) is 18.2.